The second-order valence-electron chi connectivity index (χ2n) is 5.95. The Morgan fingerprint density at radius 2 is 2.04 bits per heavy atom. The molecule has 0 aliphatic heterocycles. The molecule has 1 aromatic carbocycles. The zero-order chi connectivity index (χ0) is 17.5. The molecule has 0 aliphatic carbocycles. The number of hydrogen-bond acceptors (Lipinski definition) is 3. The summed E-state index contributed by atoms with van der Waals surface area (Å²) in [6, 6.07) is 8.64. The molecule has 2 aromatic rings. The highest BCUT2D eigenvalue weighted by atomic mass is 32.2. The van der Waals surface area contributed by atoms with E-state index in [2.05, 4.69) is 10.4 Å². The molecule has 0 saturated carbocycles. The molecule has 1 unspecified atom stereocenters. The SMILES string of the molecule is Cc1cc(C)n(C(C)CNC(=O)CCSCc2ccc(F)cc2)n1. The number of benzene rings is 1. The van der Waals surface area contributed by atoms with Gasteiger partial charge in [-0.1, -0.05) is 12.1 Å². The van der Waals surface area contributed by atoms with Gasteiger partial charge in [-0.25, -0.2) is 4.39 Å². The van der Waals surface area contributed by atoms with E-state index in [1.165, 1.54) is 12.1 Å². The Balaban J connectivity index is 1.64. The highest BCUT2D eigenvalue weighted by Gasteiger charge is 2.10. The summed E-state index contributed by atoms with van der Waals surface area (Å²) in [7, 11) is 0. The van der Waals surface area contributed by atoms with Crippen molar-refractivity contribution in [1.82, 2.24) is 15.1 Å². The number of carbonyl (C=O) groups excluding carboxylic acids is 1. The van der Waals surface area contributed by atoms with Gasteiger partial charge in [0.05, 0.1) is 11.7 Å². The van der Waals surface area contributed by atoms with Gasteiger partial charge >= 0.3 is 0 Å². The Morgan fingerprint density at radius 3 is 2.67 bits per heavy atom. The molecule has 4 nitrogen and oxygen atoms in total. The highest BCUT2D eigenvalue weighted by molar-refractivity contribution is 7.98. The van der Waals surface area contributed by atoms with Crippen molar-refractivity contribution in [3.05, 3.63) is 53.1 Å². The van der Waals surface area contributed by atoms with Crippen LogP contribution in [-0.2, 0) is 10.5 Å². The summed E-state index contributed by atoms with van der Waals surface area (Å²) < 4.78 is 14.8. The minimum atomic E-state index is -0.222. The van der Waals surface area contributed by atoms with Crippen molar-refractivity contribution >= 4 is 17.7 Å². The van der Waals surface area contributed by atoms with Crippen molar-refractivity contribution in [2.24, 2.45) is 0 Å². The molecule has 1 heterocycles. The van der Waals surface area contributed by atoms with Gasteiger partial charge in [-0.15, -0.1) is 0 Å². The number of aromatic nitrogens is 2. The van der Waals surface area contributed by atoms with E-state index in [-0.39, 0.29) is 17.8 Å². The van der Waals surface area contributed by atoms with Crippen LogP contribution in [0.2, 0.25) is 0 Å². The van der Waals surface area contributed by atoms with Crippen LogP contribution in [0, 0.1) is 19.7 Å². The van der Waals surface area contributed by atoms with Crippen LogP contribution < -0.4 is 5.32 Å². The van der Waals surface area contributed by atoms with Crippen molar-refractivity contribution in [3.63, 3.8) is 0 Å². The molecule has 1 N–H and O–H groups in total. The number of amides is 1. The van der Waals surface area contributed by atoms with Gasteiger partial charge in [0, 0.05) is 30.2 Å². The van der Waals surface area contributed by atoms with Gasteiger partial charge in [0.1, 0.15) is 5.82 Å². The van der Waals surface area contributed by atoms with Crippen molar-refractivity contribution in [1.29, 1.82) is 0 Å². The van der Waals surface area contributed by atoms with Gasteiger partial charge in [-0.3, -0.25) is 9.48 Å². The summed E-state index contributed by atoms with van der Waals surface area (Å²) in [6.45, 7) is 6.60. The number of nitrogens with zero attached hydrogens (tertiary/aromatic N) is 2. The van der Waals surface area contributed by atoms with Crippen molar-refractivity contribution in [2.75, 3.05) is 12.3 Å². The molecule has 1 aromatic heterocycles. The van der Waals surface area contributed by atoms with E-state index >= 15 is 0 Å². The summed E-state index contributed by atoms with van der Waals surface area (Å²) in [4.78, 5) is 11.9. The van der Waals surface area contributed by atoms with Crippen LogP contribution in [0.15, 0.2) is 30.3 Å². The topological polar surface area (TPSA) is 46.9 Å². The maximum Gasteiger partial charge on any atom is 0.220 e. The fourth-order valence-corrected chi connectivity index (χ4v) is 3.37. The van der Waals surface area contributed by atoms with Gasteiger partial charge in [0.2, 0.25) is 5.91 Å². The lowest BCUT2D eigenvalue weighted by molar-refractivity contribution is -0.120. The lowest BCUT2D eigenvalue weighted by Gasteiger charge is -2.15. The number of thioether (sulfide) groups is 1. The Morgan fingerprint density at radius 1 is 1.33 bits per heavy atom. The molecule has 1 amide bonds. The molecular formula is C18H24FN3OS. The summed E-state index contributed by atoms with van der Waals surface area (Å²) in [5.41, 5.74) is 3.16. The van der Waals surface area contributed by atoms with Crippen LogP contribution in [0.5, 0.6) is 0 Å². The van der Waals surface area contributed by atoms with Gasteiger partial charge in [0.25, 0.3) is 0 Å². The normalized spacial score (nSPS) is 12.2. The summed E-state index contributed by atoms with van der Waals surface area (Å²) >= 11 is 1.68. The van der Waals surface area contributed by atoms with E-state index < -0.39 is 0 Å². The third-order valence-corrected chi connectivity index (χ3v) is 4.74. The van der Waals surface area contributed by atoms with Gasteiger partial charge < -0.3 is 5.32 Å². The molecule has 130 valence electrons. The molecule has 0 aliphatic rings. The quantitative estimate of drug-likeness (QED) is 0.740. The second-order valence-corrected chi connectivity index (χ2v) is 7.06. The first-order valence-electron chi connectivity index (χ1n) is 8.07. The van der Waals surface area contributed by atoms with Crippen LogP contribution in [0.3, 0.4) is 0 Å². The number of rotatable bonds is 8. The predicted molar refractivity (Wildman–Crippen MR) is 96.6 cm³/mol. The van der Waals surface area contributed by atoms with Crippen molar-refractivity contribution in [2.45, 2.75) is 39.0 Å². The molecule has 0 bridgehead atoms. The molecule has 0 radical (unpaired) electrons. The molecule has 6 heteroatoms. The Kier molecular flexibility index (Phi) is 6.85. The summed E-state index contributed by atoms with van der Waals surface area (Å²) in [6.07, 6.45) is 0.482. The number of carbonyl (C=O) groups is 1. The maximum absolute atomic E-state index is 12.8. The second kappa shape index (κ2) is 8.87. The number of hydrogen-bond donors (Lipinski definition) is 1. The highest BCUT2D eigenvalue weighted by Crippen LogP contribution is 2.14. The number of halogens is 1. The molecule has 24 heavy (non-hydrogen) atoms. The lowest BCUT2D eigenvalue weighted by Crippen LogP contribution is -2.30. The van der Waals surface area contributed by atoms with E-state index in [9.17, 15) is 9.18 Å². The molecule has 0 saturated heterocycles. The van der Waals surface area contributed by atoms with Crippen LogP contribution in [0.25, 0.3) is 0 Å². The summed E-state index contributed by atoms with van der Waals surface area (Å²) in [5.74, 6) is 1.36. The Hall–Kier alpha value is -1.82. The van der Waals surface area contributed by atoms with Crippen LogP contribution in [0.4, 0.5) is 4.39 Å². The molecule has 0 spiro atoms. The van der Waals surface area contributed by atoms with Crippen LogP contribution >= 0.6 is 11.8 Å². The zero-order valence-corrected chi connectivity index (χ0v) is 15.2. The first kappa shape index (κ1) is 18.5. The van der Waals surface area contributed by atoms with Gasteiger partial charge in [-0.05, 0) is 44.5 Å². The lowest BCUT2D eigenvalue weighted by atomic mass is 10.2. The molecule has 0 fully saturated rings. The van der Waals surface area contributed by atoms with Crippen molar-refractivity contribution < 1.29 is 9.18 Å². The average molecular weight is 349 g/mol. The fourth-order valence-electron chi connectivity index (χ4n) is 2.46. The van der Waals surface area contributed by atoms with Gasteiger partial charge in [-0.2, -0.15) is 16.9 Å². The number of nitrogens with one attached hydrogen (secondary N) is 1. The molecule has 1 atom stereocenters. The van der Waals surface area contributed by atoms with E-state index in [1.807, 2.05) is 31.5 Å². The van der Waals surface area contributed by atoms with Crippen LogP contribution in [-0.4, -0.2) is 28.0 Å². The average Bonchev–Trinajstić information content (AvgIpc) is 2.89. The smallest absolute Gasteiger partial charge is 0.220 e. The number of aryl methyl sites for hydroxylation is 2. The van der Waals surface area contributed by atoms with Gasteiger partial charge in [0.15, 0.2) is 0 Å². The monoisotopic (exact) mass is 349 g/mol. The maximum atomic E-state index is 12.8. The third-order valence-electron chi connectivity index (χ3n) is 3.71. The summed E-state index contributed by atoms with van der Waals surface area (Å²) in [5, 5.41) is 7.40. The largest absolute Gasteiger partial charge is 0.354 e. The Labute approximate surface area is 146 Å². The van der Waals surface area contributed by atoms with Crippen molar-refractivity contribution in [3.8, 4) is 0 Å². The standard InChI is InChI=1S/C18H24FN3OS/c1-13-10-14(2)22(21-13)15(3)11-20-18(23)8-9-24-12-16-4-6-17(19)7-5-16/h4-7,10,15H,8-9,11-12H2,1-3H3,(H,20,23). The van der Waals surface area contributed by atoms with E-state index in [0.29, 0.717) is 13.0 Å². The minimum absolute atomic E-state index is 0.0509. The van der Waals surface area contributed by atoms with E-state index in [1.54, 1.807) is 23.9 Å². The molecule has 2 rings (SSSR count). The molecular weight excluding hydrogens is 325 g/mol. The van der Waals surface area contributed by atoms with Crippen LogP contribution in [0.1, 0.15) is 36.3 Å². The first-order chi connectivity index (χ1) is 11.5. The Bertz CT molecular complexity index is 669. The third kappa shape index (κ3) is 5.67. The minimum Gasteiger partial charge on any atom is -0.354 e. The predicted octanol–water partition coefficient (Wildman–Crippen LogP) is 3.64. The fraction of sp³-hybridized carbons (Fsp3) is 0.444. The zero-order valence-electron chi connectivity index (χ0n) is 14.4. The van der Waals surface area contributed by atoms with E-state index in [4.69, 9.17) is 0 Å². The first-order valence-corrected chi connectivity index (χ1v) is 9.23. The van der Waals surface area contributed by atoms with E-state index in [0.717, 1.165) is 28.5 Å².